The minimum absolute atomic E-state index is 0.0108. The molecule has 94 valence electrons. The van der Waals surface area contributed by atoms with Crippen LogP contribution < -0.4 is 0 Å². The summed E-state index contributed by atoms with van der Waals surface area (Å²) in [5, 5.41) is 19.3. The Morgan fingerprint density at radius 1 is 1.33 bits per heavy atom. The Labute approximate surface area is 99.9 Å². The van der Waals surface area contributed by atoms with Crippen LogP contribution in [0.4, 0.5) is 8.78 Å². The van der Waals surface area contributed by atoms with Crippen LogP contribution in [-0.4, -0.2) is 31.3 Å². The predicted octanol–water partition coefficient (Wildman–Crippen LogP) is 1.26. The first kappa shape index (κ1) is 12.1. The number of benzene rings is 1. The number of aliphatic carboxylic acids is 1. The van der Waals surface area contributed by atoms with Gasteiger partial charge in [0.1, 0.15) is 11.6 Å². The summed E-state index contributed by atoms with van der Waals surface area (Å²) in [5.41, 5.74) is 0.0746. The maximum absolute atomic E-state index is 13.1. The Morgan fingerprint density at radius 2 is 1.94 bits per heavy atom. The Bertz CT molecular complexity index is 579. The standard InChI is InChI=1S/C10H8F2N4O2/c1-5(10(17)18)16-9(13-14-15-16)6-2-7(11)4-8(12)3-6/h2-5H,1H3,(H,17,18). The summed E-state index contributed by atoms with van der Waals surface area (Å²) in [5.74, 6) is -2.74. The van der Waals surface area contributed by atoms with Crippen molar-refractivity contribution in [3.05, 3.63) is 29.8 Å². The van der Waals surface area contributed by atoms with E-state index in [1.165, 1.54) is 6.92 Å². The Balaban J connectivity index is 2.51. The van der Waals surface area contributed by atoms with E-state index in [0.29, 0.717) is 6.07 Å². The van der Waals surface area contributed by atoms with Gasteiger partial charge in [0, 0.05) is 11.6 Å². The Hall–Kier alpha value is -2.38. The van der Waals surface area contributed by atoms with Crippen LogP contribution in [0.25, 0.3) is 11.4 Å². The fourth-order valence-electron chi connectivity index (χ4n) is 1.43. The molecule has 0 spiro atoms. The van der Waals surface area contributed by atoms with E-state index >= 15 is 0 Å². The van der Waals surface area contributed by atoms with E-state index in [1.807, 2.05) is 0 Å². The summed E-state index contributed by atoms with van der Waals surface area (Å²) in [6.45, 7) is 1.36. The second-order valence-corrected chi connectivity index (χ2v) is 3.62. The van der Waals surface area contributed by atoms with Gasteiger partial charge < -0.3 is 5.11 Å². The molecular weight excluding hydrogens is 246 g/mol. The summed E-state index contributed by atoms with van der Waals surface area (Å²) in [6, 6.07) is 1.72. The zero-order valence-corrected chi connectivity index (χ0v) is 9.21. The van der Waals surface area contributed by atoms with Crippen molar-refractivity contribution in [2.45, 2.75) is 13.0 Å². The lowest BCUT2D eigenvalue weighted by Gasteiger charge is -2.08. The quantitative estimate of drug-likeness (QED) is 0.891. The smallest absolute Gasteiger partial charge is 0.328 e. The van der Waals surface area contributed by atoms with Gasteiger partial charge in [-0.25, -0.2) is 18.3 Å². The van der Waals surface area contributed by atoms with E-state index in [9.17, 15) is 13.6 Å². The number of carbonyl (C=O) groups is 1. The number of hydrogen-bond donors (Lipinski definition) is 1. The van der Waals surface area contributed by atoms with Gasteiger partial charge >= 0.3 is 5.97 Å². The van der Waals surface area contributed by atoms with Gasteiger partial charge in [-0.15, -0.1) is 5.10 Å². The largest absolute Gasteiger partial charge is 0.480 e. The molecule has 2 rings (SSSR count). The summed E-state index contributed by atoms with van der Waals surface area (Å²) in [6.07, 6.45) is 0. The second-order valence-electron chi connectivity index (χ2n) is 3.62. The molecule has 1 atom stereocenters. The third-order valence-electron chi connectivity index (χ3n) is 2.34. The SMILES string of the molecule is CC(C(=O)O)n1nnnc1-c1cc(F)cc(F)c1. The number of aromatic nitrogens is 4. The van der Waals surface area contributed by atoms with Crippen LogP contribution in [0, 0.1) is 11.6 Å². The average molecular weight is 254 g/mol. The highest BCUT2D eigenvalue weighted by atomic mass is 19.1. The van der Waals surface area contributed by atoms with E-state index in [0.717, 1.165) is 16.8 Å². The average Bonchev–Trinajstić information content (AvgIpc) is 2.75. The second kappa shape index (κ2) is 4.47. The third kappa shape index (κ3) is 2.17. The minimum Gasteiger partial charge on any atom is -0.480 e. The fourth-order valence-corrected chi connectivity index (χ4v) is 1.43. The van der Waals surface area contributed by atoms with Crippen LogP contribution in [0.3, 0.4) is 0 Å². The molecule has 6 nitrogen and oxygen atoms in total. The highest BCUT2D eigenvalue weighted by Crippen LogP contribution is 2.21. The van der Waals surface area contributed by atoms with Gasteiger partial charge in [0.2, 0.25) is 0 Å². The van der Waals surface area contributed by atoms with Gasteiger partial charge in [0.25, 0.3) is 0 Å². The summed E-state index contributed by atoms with van der Waals surface area (Å²) < 4.78 is 27.1. The molecule has 0 aliphatic rings. The minimum atomic E-state index is -1.15. The van der Waals surface area contributed by atoms with Crippen molar-refractivity contribution in [3.63, 3.8) is 0 Å². The van der Waals surface area contributed by atoms with E-state index in [4.69, 9.17) is 5.11 Å². The molecule has 2 aromatic rings. The summed E-state index contributed by atoms with van der Waals surface area (Å²) >= 11 is 0. The van der Waals surface area contributed by atoms with Crippen molar-refractivity contribution < 1.29 is 18.7 Å². The van der Waals surface area contributed by atoms with Gasteiger partial charge in [-0.2, -0.15) is 0 Å². The lowest BCUT2D eigenvalue weighted by atomic mass is 10.2. The molecule has 1 heterocycles. The summed E-state index contributed by atoms with van der Waals surface area (Å²) in [7, 11) is 0. The zero-order chi connectivity index (χ0) is 13.3. The first-order chi connectivity index (χ1) is 8.49. The van der Waals surface area contributed by atoms with Crippen LogP contribution in [0.5, 0.6) is 0 Å². The van der Waals surface area contributed by atoms with Crippen molar-refractivity contribution in [1.29, 1.82) is 0 Å². The number of carboxylic acid groups (broad SMARTS) is 1. The van der Waals surface area contributed by atoms with Gasteiger partial charge in [-0.3, -0.25) is 0 Å². The molecule has 1 aromatic heterocycles. The first-order valence-corrected chi connectivity index (χ1v) is 4.96. The molecule has 0 saturated heterocycles. The maximum atomic E-state index is 13.1. The van der Waals surface area contributed by atoms with E-state index in [2.05, 4.69) is 15.5 Å². The number of halogens is 2. The number of tetrazole rings is 1. The number of carboxylic acids is 1. The normalized spacial score (nSPS) is 12.4. The van der Waals surface area contributed by atoms with Crippen molar-refractivity contribution in [3.8, 4) is 11.4 Å². The van der Waals surface area contributed by atoms with Crippen LogP contribution >= 0.6 is 0 Å². The molecule has 0 fully saturated rings. The Morgan fingerprint density at radius 3 is 2.50 bits per heavy atom. The van der Waals surface area contributed by atoms with Crippen LogP contribution in [-0.2, 0) is 4.79 Å². The Kier molecular flexibility index (Phi) is 3.00. The summed E-state index contributed by atoms with van der Waals surface area (Å²) in [4.78, 5) is 10.9. The van der Waals surface area contributed by atoms with E-state index in [1.54, 1.807) is 0 Å². The predicted molar refractivity (Wildman–Crippen MR) is 55.5 cm³/mol. The lowest BCUT2D eigenvalue weighted by molar-refractivity contribution is -0.140. The zero-order valence-electron chi connectivity index (χ0n) is 9.21. The highest BCUT2D eigenvalue weighted by molar-refractivity contribution is 5.72. The number of rotatable bonds is 3. The van der Waals surface area contributed by atoms with E-state index in [-0.39, 0.29) is 11.4 Å². The molecule has 8 heteroatoms. The van der Waals surface area contributed by atoms with Gasteiger partial charge in [0.15, 0.2) is 11.9 Å². The van der Waals surface area contributed by atoms with Gasteiger partial charge in [-0.05, 0) is 29.5 Å². The topological polar surface area (TPSA) is 80.9 Å². The third-order valence-corrected chi connectivity index (χ3v) is 2.34. The molecule has 1 aromatic carbocycles. The highest BCUT2D eigenvalue weighted by Gasteiger charge is 2.20. The fraction of sp³-hybridized carbons (Fsp3) is 0.200. The van der Waals surface area contributed by atoms with Crippen molar-refractivity contribution >= 4 is 5.97 Å². The van der Waals surface area contributed by atoms with Crippen molar-refractivity contribution in [2.24, 2.45) is 0 Å². The molecule has 0 radical (unpaired) electrons. The molecule has 18 heavy (non-hydrogen) atoms. The molecular formula is C10H8F2N4O2. The molecule has 0 aliphatic carbocycles. The number of nitrogens with zero attached hydrogens (tertiary/aromatic N) is 4. The van der Waals surface area contributed by atoms with E-state index < -0.39 is 23.6 Å². The van der Waals surface area contributed by atoms with Crippen LogP contribution in [0.1, 0.15) is 13.0 Å². The van der Waals surface area contributed by atoms with Crippen LogP contribution in [0.15, 0.2) is 18.2 Å². The van der Waals surface area contributed by atoms with Crippen LogP contribution in [0.2, 0.25) is 0 Å². The monoisotopic (exact) mass is 254 g/mol. The number of hydrogen-bond acceptors (Lipinski definition) is 4. The molecule has 1 unspecified atom stereocenters. The molecule has 0 amide bonds. The first-order valence-electron chi connectivity index (χ1n) is 4.96. The van der Waals surface area contributed by atoms with Crippen molar-refractivity contribution in [1.82, 2.24) is 20.2 Å². The molecule has 0 aliphatic heterocycles. The lowest BCUT2D eigenvalue weighted by Crippen LogP contribution is -2.18. The van der Waals surface area contributed by atoms with Gasteiger partial charge in [-0.1, -0.05) is 0 Å². The molecule has 1 N–H and O–H groups in total. The molecule has 0 bridgehead atoms. The molecule has 0 saturated carbocycles. The van der Waals surface area contributed by atoms with Crippen molar-refractivity contribution in [2.75, 3.05) is 0 Å². The maximum Gasteiger partial charge on any atom is 0.328 e. The van der Waals surface area contributed by atoms with Gasteiger partial charge in [0.05, 0.1) is 0 Å².